The van der Waals surface area contributed by atoms with Gasteiger partial charge in [-0.3, -0.25) is 14.3 Å². The Balaban J connectivity index is 1.31. The van der Waals surface area contributed by atoms with E-state index in [9.17, 15) is 14.0 Å². The second kappa shape index (κ2) is 9.60. The average Bonchev–Trinajstić information content (AvgIpc) is 3.43. The molecular weight excluding hydrogens is 399 g/mol. The van der Waals surface area contributed by atoms with E-state index in [1.54, 1.807) is 23.0 Å². The van der Waals surface area contributed by atoms with Crippen LogP contribution in [0.15, 0.2) is 30.5 Å². The van der Waals surface area contributed by atoms with Gasteiger partial charge in [0.25, 0.3) is 11.8 Å². The number of aryl methyl sites for hydroxylation is 1. The van der Waals surface area contributed by atoms with Gasteiger partial charge in [-0.1, -0.05) is 12.1 Å². The molecule has 1 atom stereocenters. The van der Waals surface area contributed by atoms with Crippen molar-refractivity contribution < 1.29 is 18.7 Å². The first kappa shape index (κ1) is 21.5. The number of carbonyl (C=O) groups excluding carboxylic acids is 2. The molecule has 2 amide bonds. The molecule has 0 spiro atoms. The largest absolute Gasteiger partial charge is 0.368 e. The quantitative estimate of drug-likeness (QED) is 0.767. The monoisotopic (exact) mass is 428 g/mol. The number of hydrogen-bond acceptors (Lipinski definition) is 4. The van der Waals surface area contributed by atoms with Crippen molar-refractivity contribution in [1.82, 2.24) is 20.0 Å². The lowest BCUT2D eigenvalue weighted by Gasteiger charge is -2.33. The molecule has 0 bridgehead atoms. The summed E-state index contributed by atoms with van der Waals surface area (Å²) >= 11 is 0. The molecule has 7 nitrogen and oxygen atoms in total. The maximum Gasteiger partial charge on any atom is 0.255 e. The van der Waals surface area contributed by atoms with Gasteiger partial charge in [-0.05, 0) is 55.7 Å². The Morgan fingerprint density at radius 3 is 2.61 bits per heavy atom. The van der Waals surface area contributed by atoms with Gasteiger partial charge in [0.1, 0.15) is 11.9 Å². The van der Waals surface area contributed by atoms with Crippen LogP contribution in [0.25, 0.3) is 0 Å². The van der Waals surface area contributed by atoms with Crippen molar-refractivity contribution >= 4 is 11.8 Å². The first-order chi connectivity index (χ1) is 15.0. The molecule has 2 aliphatic heterocycles. The smallest absolute Gasteiger partial charge is 0.255 e. The van der Waals surface area contributed by atoms with Gasteiger partial charge in [0.05, 0.1) is 11.3 Å². The Labute approximate surface area is 181 Å². The summed E-state index contributed by atoms with van der Waals surface area (Å²) in [5, 5.41) is 7.41. The Hall–Kier alpha value is -2.74. The van der Waals surface area contributed by atoms with Crippen LogP contribution in [0.5, 0.6) is 0 Å². The van der Waals surface area contributed by atoms with E-state index in [0.29, 0.717) is 31.1 Å². The predicted molar refractivity (Wildman–Crippen MR) is 113 cm³/mol. The maximum absolute atomic E-state index is 13.0. The van der Waals surface area contributed by atoms with E-state index in [2.05, 4.69) is 10.4 Å². The molecule has 166 valence electrons. The lowest BCUT2D eigenvalue weighted by molar-refractivity contribution is -0.142. The van der Waals surface area contributed by atoms with Crippen LogP contribution in [-0.4, -0.2) is 52.3 Å². The number of carbonyl (C=O) groups is 2. The molecule has 1 N–H and O–H groups in total. The summed E-state index contributed by atoms with van der Waals surface area (Å²) in [5.74, 6) is 0.0216. The third-order valence-corrected chi connectivity index (χ3v) is 6.13. The molecule has 3 heterocycles. The number of piperidine rings is 1. The standard InChI is InChI=1S/C23H29FN4O3/c1-27-15-19(22(29)25-14-17-4-6-18(24)7-5-17)20(26-27)13-16-8-10-28(11-9-16)23(30)21-3-2-12-31-21/h4-7,15-16,21H,2-3,8-14H2,1H3,(H,25,29)/t21-/m1/s1. The predicted octanol–water partition coefficient (Wildman–Crippen LogP) is 2.45. The fraction of sp³-hybridized carbons (Fsp3) is 0.522. The molecule has 0 saturated carbocycles. The van der Waals surface area contributed by atoms with Gasteiger partial charge in [0.15, 0.2) is 0 Å². The summed E-state index contributed by atoms with van der Waals surface area (Å²) in [6.07, 6.45) is 5.76. The molecule has 0 unspecified atom stereocenters. The molecule has 2 aliphatic rings. The minimum absolute atomic E-state index is 0.120. The number of likely N-dealkylation sites (tertiary alicyclic amines) is 1. The topological polar surface area (TPSA) is 76.5 Å². The van der Waals surface area contributed by atoms with E-state index >= 15 is 0 Å². The van der Waals surface area contributed by atoms with Crippen molar-refractivity contribution in [3.05, 3.63) is 53.1 Å². The number of ether oxygens (including phenoxy) is 1. The molecule has 0 radical (unpaired) electrons. The van der Waals surface area contributed by atoms with Crippen LogP contribution in [0.3, 0.4) is 0 Å². The summed E-state index contributed by atoms with van der Waals surface area (Å²) in [7, 11) is 1.81. The number of hydrogen-bond donors (Lipinski definition) is 1. The highest BCUT2D eigenvalue weighted by atomic mass is 19.1. The van der Waals surface area contributed by atoms with E-state index in [0.717, 1.165) is 50.0 Å². The van der Waals surface area contributed by atoms with Crippen LogP contribution < -0.4 is 5.32 Å². The second-order valence-electron chi connectivity index (χ2n) is 8.45. The number of benzene rings is 1. The lowest BCUT2D eigenvalue weighted by Crippen LogP contribution is -2.44. The van der Waals surface area contributed by atoms with Crippen molar-refractivity contribution in [1.29, 1.82) is 0 Å². The normalized spacial score (nSPS) is 19.5. The molecule has 4 rings (SSSR count). The van der Waals surface area contributed by atoms with Crippen LogP contribution in [0.2, 0.25) is 0 Å². The van der Waals surface area contributed by atoms with Crippen LogP contribution in [0, 0.1) is 11.7 Å². The van der Waals surface area contributed by atoms with Crippen LogP contribution >= 0.6 is 0 Å². The number of nitrogens with one attached hydrogen (secondary N) is 1. The minimum atomic E-state index is -0.298. The fourth-order valence-corrected chi connectivity index (χ4v) is 4.36. The third kappa shape index (κ3) is 5.31. The van der Waals surface area contributed by atoms with Crippen molar-refractivity contribution in [2.24, 2.45) is 13.0 Å². The Morgan fingerprint density at radius 2 is 1.94 bits per heavy atom. The minimum Gasteiger partial charge on any atom is -0.368 e. The van der Waals surface area contributed by atoms with E-state index in [-0.39, 0.29) is 23.7 Å². The van der Waals surface area contributed by atoms with E-state index in [1.165, 1.54) is 12.1 Å². The summed E-state index contributed by atoms with van der Waals surface area (Å²) in [6, 6.07) is 6.08. The molecule has 2 fully saturated rings. The van der Waals surface area contributed by atoms with Crippen LogP contribution in [0.1, 0.15) is 47.3 Å². The summed E-state index contributed by atoms with van der Waals surface area (Å²) < 4.78 is 20.2. The van der Waals surface area contributed by atoms with E-state index in [1.807, 2.05) is 11.9 Å². The average molecular weight is 429 g/mol. The molecule has 1 aromatic heterocycles. The Kier molecular flexibility index (Phi) is 6.65. The number of rotatable bonds is 6. The fourth-order valence-electron chi connectivity index (χ4n) is 4.36. The van der Waals surface area contributed by atoms with Gasteiger partial charge in [-0.15, -0.1) is 0 Å². The molecule has 8 heteroatoms. The van der Waals surface area contributed by atoms with Gasteiger partial charge in [-0.2, -0.15) is 5.10 Å². The highest BCUT2D eigenvalue weighted by Gasteiger charge is 2.31. The van der Waals surface area contributed by atoms with E-state index < -0.39 is 0 Å². The molecule has 2 saturated heterocycles. The van der Waals surface area contributed by atoms with Gasteiger partial charge in [-0.25, -0.2) is 4.39 Å². The zero-order valence-electron chi connectivity index (χ0n) is 17.8. The Morgan fingerprint density at radius 1 is 1.19 bits per heavy atom. The number of aromatic nitrogens is 2. The SMILES string of the molecule is Cn1cc(C(=O)NCc2ccc(F)cc2)c(CC2CCN(C(=O)[C@H]3CCCO3)CC2)n1. The second-order valence-corrected chi connectivity index (χ2v) is 8.45. The van der Waals surface area contributed by atoms with Crippen molar-refractivity contribution in [2.45, 2.75) is 44.8 Å². The molecule has 0 aliphatic carbocycles. The lowest BCUT2D eigenvalue weighted by atomic mass is 9.91. The third-order valence-electron chi connectivity index (χ3n) is 6.13. The summed E-state index contributed by atoms with van der Waals surface area (Å²) in [6.45, 7) is 2.46. The maximum atomic E-state index is 13.0. The van der Waals surface area contributed by atoms with Gasteiger partial charge >= 0.3 is 0 Å². The van der Waals surface area contributed by atoms with Crippen molar-refractivity contribution in [3.8, 4) is 0 Å². The number of halogens is 1. The molecule has 2 aromatic rings. The van der Waals surface area contributed by atoms with E-state index in [4.69, 9.17) is 4.74 Å². The zero-order chi connectivity index (χ0) is 21.8. The van der Waals surface area contributed by atoms with Crippen molar-refractivity contribution in [2.75, 3.05) is 19.7 Å². The molecule has 1 aromatic carbocycles. The van der Waals surface area contributed by atoms with Crippen LogP contribution in [-0.2, 0) is 29.5 Å². The van der Waals surface area contributed by atoms with Crippen LogP contribution in [0.4, 0.5) is 4.39 Å². The summed E-state index contributed by atoms with van der Waals surface area (Å²) in [4.78, 5) is 27.2. The first-order valence-corrected chi connectivity index (χ1v) is 10.9. The highest BCUT2D eigenvalue weighted by molar-refractivity contribution is 5.95. The number of amides is 2. The molecular formula is C23H29FN4O3. The Bertz CT molecular complexity index is 913. The van der Waals surface area contributed by atoms with Gasteiger partial charge in [0, 0.05) is 39.5 Å². The zero-order valence-corrected chi connectivity index (χ0v) is 17.8. The first-order valence-electron chi connectivity index (χ1n) is 10.9. The van der Waals surface area contributed by atoms with Gasteiger partial charge < -0.3 is 15.0 Å². The number of nitrogens with zero attached hydrogens (tertiary/aromatic N) is 3. The highest BCUT2D eigenvalue weighted by Crippen LogP contribution is 2.25. The van der Waals surface area contributed by atoms with Crippen molar-refractivity contribution in [3.63, 3.8) is 0 Å². The molecule has 31 heavy (non-hydrogen) atoms. The summed E-state index contributed by atoms with van der Waals surface area (Å²) in [5.41, 5.74) is 2.19. The van der Waals surface area contributed by atoms with Gasteiger partial charge in [0.2, 0.25) is 0 Å².